The lowest BCUT2D eigenvalue weighted by atomic mass is 10.2. The van der Waals surface area contributed by atoms with Gasteiger partial charge in [0, 0.05) is 17.6 Å². The Morgan fingerprint density at radius 1 is 0.680 bits per heavy atom. The third-order valence-electron chi connectivity index (χ3n) is 4.08. The Morgan fingerprint density at radius 2 is 1.32 bits per heavy atom. The Hall–Kier alpha value is -3.20. The molecule has 25 heavy (non-hydrogen) atoms. The maximum absolute atomic E-state index is 6.05. The smallest absolute Gasteiger partial charge is 0.147 e. The zero-order valence-corrected chi connectivity index (χ0v) is 13.8. The molecule has 4 rings (SSSR count). The van der Waals surface area contributed by atoms with Gasteiger partial charge in [-0.05, 0) is 23.3 Å². The number of hydrogen-bond acceptors (Lipinski definition) is 2. The molecule has 0 aliphatic heterocycles. The summed E-state index contributed by atoms with van der Waals surface area (Å²) >= 11 is 0. The fourth-order valence-corrected chi connectivity index (χ4v) is 2.78. The standard InChI is InChI=1S/C22H19NO2/c1-3-7-17(8-4-1)15-24-20-13-19-11-12-23-22(19)21(14-20)25-16-18-9-5-2-6-10-18/h1-14,23H,15-16H2. The van der Waals surface area contributed by atoms with Crippen molar-refractivity contribution in [2.24, 2.45) is 0 Å². The van der Waals surface area contributed by atoms with Crippen molar-refractivity contribution < 1.29 is 9.47 Å². The summed E-state index contributed by atoms with van der Waals surface area (Å²) in [5.74, 6) is 1.61. The highest BCUT2D eigenvalue weighted by Crippen LogP contribution is 2.31. The molecular formula is C22H19NO2. The minimum atomic E-state index is 0.525. The molecule has 0 saturated carbocycles. The first-order valence-electron chi connectivity index (χ1n) is 8.33. The first kappa shape index (κ1) is 15.3. The summed E-state index contributed by atoms with van der Waals surface area (Å²) in [6, 6.07) is 26.3. The summed E-state index contributed by atoms with van der Waals surface area (Å²) in [4.78, 5) is 3.24. The van der Waals surface area contributed by atoms with Crippen molar-refractivity contribution >= 4 is 10.9 Å². The molecule has 0 spiro atoms. The Morgan fingerprint density at radius 3 is 2.00 bits per heavy atom. The molecule has 3 nitrogen and oxygen atoms in total. The van der Waals surface area contributed by atoms with Gasteiger partial charge in [-0.15, -0.1) is 0 Å². The van der Waals surface area contributed by atoms with Crippen LogP contribution in [0, 0.1) is 0 Å². The van der Waals surface area contributed by atoms with Crippen LogP contribution >= 0.6 is 0 Å². The third-order valence-corrected chi connectivity index (χ3v) is 4.08. The van der Waals surface area contributed by atoms with Crippen molar-refractivity contribution in [3.63, 3.8) is 0 Å². The Kier molecular flexibility index (Phi) is 4.38. The number of hydrogen-bond donors (Lipinski definition) is 1. The lowest BCUT2D eigenvalue weighted by Gasteiger charge is -2.11. The van der Waals surface area contributed by atoms with Crippen LogP contribution in [0.1, 0.15) is 11.1 Å². The van der Waals surface area contributed by atoms with Crippen LogP contribution in [-0.4, -0.2) is 4.98 Å². The molecule has 0 radical (unpaired) electrons. The average Bonchev–Trinajstić information content (AvgIpc) is 3.15. The van der Waals surface area contributed by atoms with Gasteiger partial charge in [0.15, 0.2) is 0 Å². The Balaban J connectivity index is 1.54. The number of ether oxygens (including phenoxy) is 2. The van der Waals surface area contributed by atoms with Gasteiger partial charge in [-0.3, -0.25) is 0 Å². The molecule has 3 heteroatoms. The number of aromatic amines is 1. The molecule has 0 saturated heterocycles. The molecule has 3 aromatic carbocycles. The van der Waals surface area contributed by atoms with E-state index in [9.17, 15) is 0 Å². The lowest BCUT2D eigenvalue weighted by Crippen LogP contribution is -1.98. The first-order valence-corrected chi connectivity index (χ1v) is 8.33. The molecule has 1 N–H and O–H groups in total. The van der Waals surface area contributed by atoms with Crippen LogP contribution in [0.25, 0.3) is 10.9 Å². The van der Waals surface area contributed by atoms with Gasteiger partial charge in [0.1, 0.15) is 24.7 Å². The van der Waals surface area contributed by atoms with Crippen LogP contribution in [-0.2, 0) is 13.2 Å². The Labute approximate surface area is 146 Å². The van der Waals surface area contributed by atoms with E-state index in [0.29, 0.717) is 13.2 Å². The van der Waals surface area contributed by atoms with E-state index in [0.717, 1.165) is 33.5 Å². The van der Waals surface area contributed by atoms with Crippen LogP contribution in [0.15, 0.2) is 85.1 Å². The molecule has 0 amide bonds. The second kappa shape index (κ2) is 7.14. The van der Waals surface area contributed by atoms with Gasteiger partial charge in [-0.1, -0.05) is 60.7 Å². The molecule has 4 aromatic rings. The maximum atomic E-state index is 6.05. The van der Waals surface area contributed by atoms with E-state index in [4.69, 9.17) is 9.47 Å². The van der Waals surface area contributed by atoms with Crippen LogP contribution in [0.4, 0.5) is 0 Å². The number of aromatic nitrogens is 1. The number of nitrogens with one attached hydrogen (secondary N) is 1. The topological polar surface area (TPSA) is 34.2 Å². The zero-order chi connectivity index (χ0) is 16.9. The summed E-state index contributed by atoms with van der Waals surface area (Å²) < 4.78 is 12.0. The summed E-state index contributed by atoms with van der Waals surface area (Å²) in [5.41, 5.74) is 3.27. The van der Waals surface area contributed by atoms with Crippen molar-refractivity contribution in [1.82, 2.24) is 4.98 Å². The van der Waals surface area contributed by atoms with Crippen LogP contribution < -0.4 is 9.47 Å². The fraction of sp³-hybridized carbons (Fsp3) is 0.0909. The van der Waals surface area contributed by atoms with Gasteiger partial charge >= 0.3 is 0 Å². The molecule has 1 heterocycles. The number of benzene rings is 3. The molecule has 0 aliphatic carbocycles. The van der Waals surface area contributed by atoms with E-state index in [1.165, 1.54) is 0 Å². The van der Waals surface area contributed by atoms with E-state index in [1.54, 1.807) is 0 Å². The molecule has 0 bridgehead atoms. The largest absolute Gasteiger partial charge is 0.489 e. The van der Waals surface area contributed by atoms with E-state index < -0.39 is 0 Å². The summed E-state index contributed by atoms with van der Waals surface area (Å²) in [5, 5.41) is 1.08. The minimum Gasteiger partial charge on any atom is -0.489 e. The predicted octanol–water partition coefficient (Wildman–Crippen LogP) is 5.33. The summed E-state index contributed by atoms with van der Waals surface area (Å²) in [7, 11) is 0. The van der Waals surface area contributed by atoms with E-state index >= 15 is 0 Å². The first-order chi connectivity index (χ1) is 12.4. The highest BCUT2D eigenvalue weighted by Gasteiger charge is 2.08. The highest BCUT2D eigenvalue weighted by atomic mass is 16.5. The quantitative estimate of drug-likeness (QED) is 0.519. The minimum absolute atomic E-state index is 0.525. The van der Waals surface area contributed by atoms with E-state index in [2.05, 4.69) is 29.2 Å². The SMILES string of the molecule is c1ccc(COc2cc(OCc3ccccc3)c3[nH]ccc3c2)cc1. The Bertz CT molecular complexity index is 946. The van der Waals surface area contributed by atoms with E-state index in [1.807, 2.05) is 60.8 Å². The molecular weight excluding hydrogens is 310 g/mol. The van der Waals surface area contributed by atoms with Gasteiger partial charge < -0.3 is 14.5 Å². The van der Waals surface area contributed by atoms with Crippen molar-refractivity contribution in [2.75, 3.05) is 0 Å². The number of fused-ring (bicyclic) bond motifs is 1. The van der Waals surface area contributed by atoms with Crippen LogP contribution in [0.2, 0.25) is 0 Å². The van der Waals surface area contributed by atoms with Crippen molar-refractivity contribution in [3.8, 4) is 11.5 Å². The molecule has 0 aliphatic rings. The molecule has 0 fully saturated rings. The number of rotatable bonds is 6. The van der Waals surface area contributed by atoms with Gasteiger partial charge in [0.05, 0.1) is 5.52 Å². The predicted molar refractivity (Wildman–Crippen MR) is 99.8 cm³/mol. The number of H-pyrrole nitrogens is 1. The van der Waals surface area contributed by atoms with Gasteiger partial charge in [-0.2, -0.15) is 0 Å². The second-order valence-electron chi connectivity index (χ2n) is 5.91. The van der Waals surface area contributed by atoms with Gasteiger partial charge in [0.25, 0.3) is 0 Å². The normalized spacial score (nSPS) is 10.7. The monoisotopic (exact) mass is 329 g/mol. The zero-order valence-electron chi connectivity index (χ0n) is 13.8. The third kappa shape index (κ3) is 3.66. The maximum Gasteiger partial charge on any atom is 0.147 e. The molecule has 0 unspecified atom stereocenters. The van der Waals surface area contributed by atoms with Gasteiger partial charge in [0.2, 0.25) is 0 Å². The summed E-state index contributed by atoms with van der Waals surface area (Å²) in [6.07, 6.45) is 1.92. The van der Waals surface area contributed by atoms with Crippen LogP contribution in [0.5, 0.6) is 11.5 Å². The van der Waals surface area contributed by atoms with Gasteiger partial charge in [-0.25, -0.2) is 0 Å². The second-order valence-corrected chi connectivity index (χ2v) is 5.91. The van der Waals surface area contributed by atoms with E-state index in [-0.39, 0.29) is 0 Å². The lowest BCUT2D eigenvalue weighted by molar-refractivity contribution is 0.292. The average molecular weight is 329 g/mol. The van der Waals surface area contributed by atoms with Crippen molar-refractivity contribution in [3.05, 3.63) is 96.2 Å². The fourth-order valence-electron chi connectivity index (χ4n) is 2.78. The molecule has 124 valence electrons. The van der Waals surface area contributed by atoms with Crippen molar-refractivity contribution in [1.29, 1.82) is 0 Å². The molecule has 0 atom stereocenters. The highest BCUT2D eigenvalue weighted by molar-refractivity contribution is 5.86. The van der Waals surface area contributed by atoms with Crippen LogP contribution in [0.3, 0.4) is 0 Å². The summed E-state index contributed by atoms with van der Waals surface area (Å²) in [6.45, 7) is 1.06. The molecule has 1 aromatic heterocycles. The van der Waals surface area contributed by atoms with Crippen molar-refractivity contribution in [2.45, 2.75) is 13.2 Å².